The maximum absolute atomic E-state index is 14.5. The summed E-state index contributed by atoms with van der Waals surface area (Å²) in [6, 6.07) is 0. The van der Waals surface area contributed by atoms with Gasteiger partial charge in [-0.2, -0.15) is 0 Å². The van der Waals surface area contributed by atoms with Crippen molar-refractivity contribution in [3.8, 4) is 17.2 Å². The van der Waals surface area contributed by atoms with Gasteiger partial charge in [0.25, 0.3) is 0 Å². The lowest BCUT2D eigenvalue weighted by molar-refractivity contribution is -0.171. The molecule has 5 atom stereocenters. The van der Waals surface area contributed by atoms with Crippen LogP contribution in [0.15, 0.2) is 41.0 Å². The van der Waals surface area contributed by atoms with E-state index < -0.39 is 22.7 Å². The molecule has 1 aromatic carbocycles. The van der Waals surface area contributed by atoms with Crippen LogP contribution in [-0.2, 0) is 16.0 Å². The van der Waals surface area contributed by atoms with Gasteiger partial charge in [0.15, 0.2) is 22.8 Å². The van der Waals surface area contributed by atoms with Gasteiger partial charge in [0.2, 0.25) is 0 Å². The van der Waals surface area contributed by atoms with Gasteiger partial charge < -0.3 is 24.4 Å². The van der Waals surface area contributed by atoms with Crippen LogP contribution >= 0.6 is 0 Å². The first kappa shape index (κ1) is 26.1. The van der Waals surface area contributed by atoms with Gasteiger partial charge in [-0.15, -0.1) is 0 Å². The van der Waals surface area contributed by atoms with E-state index in [0.29, 0.717) is 40.9 Å². The number of phenolic OH excluding ortho intramolecular Hbond substituents is 1. The summed E-state index contributed by atoms with van der Waals surface area (Å²) in [6.07, 6.45) is 10.1. The molecule has 3 heterocycles. The smallest absolute Gasteiger partial charge is 0.200 e. The number of allylic oxidation sites excluding steroid dienone is 3. The number of carbonyl (C=O) groups excluding carboxylic acids is 2. The number of hydrogen-bond acceptors (Lipinski definition) is 7. The normalized spacial score (nSPS) is 33.1. The van der Waals surface area contributed by atoms with Crippen LogP contribution in [0.5, 0.6) is 17.2 Å². The lowest BCUT2D eigenvalue weighted by Gasteiger charge is -2.56. The fourth-order valence-electron chi connectivity index (χ4n) is 7.34. The fraction of sp³-hybridized carbons (Fsp3) is 0.500. The van der Waals surface area contributed by atoms with E-state index in [0.717, 1.165) is 5.57 Å². The molecule has 1 saturated carbocycles. The standard InChI is InChI=1S/C32H36O7/c1-16(2)7-9-21-27-20(10-8-18(4)37-27)25(34)24-26(35)22-13-19-14-23-30(5,6)39-31(29(19)36,12-11-17(3)15-33)32(22,23)38-28(21)24/h7-8,10-11,13,18-19,23,33-34H,9,12,14-15H2,1-6H3/t18-,19+,23-,31-,32+/m0/s1. The average Bonchev–Trinajstić information content (AvgIpc) is 3.04. The van der Waals surface area contributed by atoms with Gasteiger partial charge >= 0.3 is 0 Å². The van der Waals surface area contributed by atoms with Gasteiger partial charge in [-0.3, -0.25) is 9.59 Å². The molecule has 1 spiro atoms. The van der Waals surface area contributed by atoms with Crippen LogP contribution in [0.3, 0.4) is 0 Å². The molecular weight excluding hydrogens is 496 g/mol. The van der Waals surface area contributed by atoms with Crippen molar-refractivity contribution in [1.29, 1.82) is 0 Å². The number of Topliss-reactive ketones (excluding diaryl/α,β-unsaturated/α-hetero) is 2. The van der Waals surface area contributed by atoms with E-state index in [2.05, 4.69) is 0 Å². The zero-order chi connectivity index (χ0) is 28.1. The molecule has 2 fully saturated rings. The second kappa shape index (κ2) is 8.42. The predicted octanol–water partition coefficient (Wildman–Crippen LogP) is 5.03. The minimum absolute atomic E-state index is 0.104. The second-order valence-electron chi connectivity index (χ2n) is 12.4. The largest absolute Gasteiger partial charge is 0.506 e. The summed E-state index contributed by atoms with van der Waals surface area (Å²) in [5.74, 6) is -0.620. The number of hydrogen-bond donors (Lipinski definition) is 2. The number of rotatable bonds is 5. The fourth-order valence-corrected chi connectivity index (χ4v) is 7.34. The maximum Gasteiger partial charge on any atom is 0.200 e. The van der Waals surface area contributed by atoms with Crippen molar-refractivity contribution in [1.82, 2.24) is 0 Å². The molecule has 3 aliphatic heterocycles. The van der Waals surface area contributed by atoms with Crippen molar-refractivity contribution in [2.45, 2.75) is 83.7 Å². The molecule has 2 N–H and O–H groups in total. The van der Waals surface area contributed by atoms with Crippen LogP contribution in [0, 0.1) is 11.8 Å². The minimum atomic E-state index is -1.44. The molecule has 6 aliphatic rings. The predicted molar refractivity (Wildman–Crippen MR) is 146 cm³/mol. The molecule has 0 radical (unpaired) electrons. The quantitative estimate of drug-likeness (QED) is 0.513. The topological polar surface area (TPSA) is 102 Å². The van der Waals surface area contributed by atoms with Gasteiger partial charge in [0, 0.05) is 29.4 Å². The Balaban J connectivity index is 1.65. The Bertz CT molecular complexity index is 1440. The SMILES string of the molecule is CC(C)=CCc1c2c(c(O)c3c1O[C@]14C(=C[C@@H]5C[C@H]1C(C)(C)O[C@@]4(CC=C(C)CO)C5=O)C3=O)C=C[C@H](C)O2. The van der Waals surface area contributed by atoms with Crippen molar-refractivity contribution in [2.24, 2.45) is 11.8 Å². The molecule has 0 aromatic heterocycles. The van der Waals surface area contributed by atoms with Crippen molar-refractivity contribution in [3.63, 3.8) is 0 Å². The number of aromatic hydroxyl groups is 1. The molecule has 1 aromatic rings. The molecule has 3 aliphatic carbocycles. The van der Waals surface area contributed by atoms with Crippen LogP contribution in [0.1, 0.15) is 75.9 Å². The van der Waals surface area contributed by atoms with Crippen molar-refractivity contribution < 1.29 is 34.0 Å². The third kappa shape index (κ3) is 3.29. The number of benzene rings is 1. The van der Waals surface area contributed by atoms with E-state index in [1.807, 2.05) is 52.8 Å². The van der Waals surface area contributed by atoms with Gasteiger partial charge in [0.1, 0.15) is 28.9 Å². The van der Waals surface area contributed by atoms with E-state index >= 15 is 0 Å². The molecule has 4 bridgehead atoms. The lowest BCUT2D eigenvalue weighted by atomic mass is 9.51. The molecule has 7 rings (SSSR count). The molecule has 39 heavy (non-hydrogen) atoms. The molecular formula is C32H36O7. The van der Waals surface area contributed by atoms with Crippen LogP contribution in [0.25, 0.3) is 6.08 Å². The molecule has 7 heteroatoms. The van der Waals surface area contributed by atoms with Crippen molar-refractivity contribution >= 4 is 17.6 Å². The highest BCUT2D eigenvalue weighted by molar-refractivity contribution is 6.19. The Labute approximate surface area is 228 Å². The first-order valence-electron chi connectivity index (χ1n) is 13.7. The summed E-state index contributed by atoms with van der Waals surface area (Å²) in [6.45, 7) is 11.5. The molecule has 206 valence electrons. The number of aliphatic hydroxyl groups is 1. The van der Waals surface area contributed by atoms with Gasteiger partial charge in [-0.25, -0.2) is 0 Å². The maximum atomic E-state index is 14.5. The first-order chi connectivity index (χ1) is 18.4. The van der Waals surface area contributed by atoms with Gasteiger partial charge in [-0.1, -0.05) is 29.4 Å². The zero-order valence-electron chi connectivity index (χ0n) is 23.4. The highest BCUT2D eigenvalue weighted by atomic mass is 16.6. The highest BCUT2D eigenvalue weighted by Crippen LogP contribution is 2.68. The average molecular weight is 533 g/mol. The van der Waals surface area contributed by atoms with E-state index in [1.54, 1.807) is 19.1 Å². The zero-order valence-corrected chi connectivity index (χ0v) is 23.4. The Kier molecular flexibility index (Phi) is 5.63. The van der Waals surface area contributed by atoms with Crippen molar-refractivity contribution in [3.05, 3.63) is 57.7 Å². The van der Waals surface area contributed by atoms with E-state index in [-0.39, 0.29) is 53.7 Å². The van der Waals surface area contributed by atoms with Gasteiger partial charge in [0.05, 0.1) is 17.8 Å². The van der Waals surface area contributed by atoms with Crippen LogP contribution < -0.4 is 9.47 Å². The number of carbonyl (C=O) groups is 2. The van der Waals surface area contributed by atoms with E-state index in [1.165, 1.54) is 0 Å². The van der Waals surface area contributed by atoms with E-state index in [4.69, 9.17) is 14.2 Å². The summed E-state index contributed by atoms with van der Waals surface area (Å²) in [4.78, 5) is 28.6. The third-order valence-corrected chi connectivity index (χ3v) is 9.15. The summed E-state index contributed by atoms with van der Waals surface area (Å²) >= 11 is 0. The van der Waals surface area contributed by atoms with Crippen LogP contribution in [0.2, 0.25) is 0 Å². The number of ketones is 2. The molecule has 0 unspecified atom stereocenters. The Hall–Kier alpha value is -3.16. The van der Waals surface area contributed by atoms with Crippen molar-refractivity contribution in [2.75, 3.05) is 6.61 Å². The van der Waals surface area contributed by atoms with Crippen LogP contribution in [0.4, 0.5) is 0 Å². The highest BCUT2D eigenvalue weighted by Gasteiger charge is 2.81. The number of ether oxygens (including phenoxy) is 3. The monoisotopic (exact) mass is 532 g/mol. The number of fused-ring (bicyclic) bond motifs is 2. The van der Waals surface area contributed by atoms with Gasteiger partial charge in [-0.05, 0) is 66.5 Å². The first-order valence-corrected chi connectivity index (χ1v) is 13.7. The number of phenols is 1. The Morgan fingerprint density at radius 1 is 1.15 bits per heavy atom. The number of aliphatic hydroxyl groups excluding tert-OH is 1. The molecule has 7 nitrogen and oxygen atoms in total. The summed E-state index contributed by atoms with van der Waals surface area (Å²) in [5, 5.41) is 21.2. The molecule has 1 saturated heterocycles. The van der Waals surface area contributed by atoms with Crippen LogP contribution in [-0.4, -0.2) is 51.3 Å². The summed E-state index contributed by atoms with van der Waals surface area (Å²) < 4.78 is 20.0. The summed E-state index contributed by atoms with van der Waals surface area (Å²) in [7, 11) is 0. The molecule has 0 amide bonds. The lowest BCUT2D eigenvalue weighted by Crippen LogP contribution is -2.72. The Morgan fingerprint density at radius 2 is 1.90 bits per heavy atom. The second-order valence-corrected chi connectivity index (χ2v) is 12.4. The minimum Gasteiger partial charge on any atom is -0.506 e. The van der Waals surface area contributed by atoms with E-state index in [9.17, 15) is 19.8 Å². The Morgan fingerprint density at radius 3 is 2.59 bits per heavy atom. The summed E-state index contributed by atoms with van der Waals surface area (Å²) in [5.41, 5.74) is -0.137. The third-order valence-electron chi connectivity index (χ3n) is 9.15.